The van der Waals surface area contributed by atoms with Crippen LogP contribution in [-0.4, -0.2) is 19.3 Å². The quantitative estimate of drug-likeness (QED) is 0.637. The summed E-state index contributed by atoms with van der Waals surface area (Å²) in [4.78, 5) is 0. The SMILES string of the molecule is CCC(N)CC(CC)OC. The van der Waals surface area contributed by atoms with Crippen LogP contribution < -0.4 is 5.73 Å². The predicted octanol–water partition coefficient (Wildman–Crippen LogP) is 1.54. The van der Waals surface area contributed by atoms with Crippen molar-refractivity contribution in [2.24, 2.45) is 5.73 Å². The van der Waals surface area contributed by atoms with Crippen LogP contribution in [0.5, 0.6) is 0 Å². The second-order valence-corrected chi connectivity index (χ2v) is 2.67. The van der Waals surface area contributed by atoms with E-state index in [0.29, 0.717) is 12.1 Å². The summed E-state index contributed by atoms with van der Waals surface area (Å²) in [5.41, 5.74) is 5.74. The summed E-state index contributed by atoms with van der Waals surface area (Å²) in [7, 11) is 1.75. The molecule has 0 saturated heterocycles. The fraction of sp³-hybridized carbons (Fsp3) is 1.00. The van der Waals surface area contributed by atoms with Crippen molar-refractivity contribution in [3.63, 3.8) is 0 Å². The lowest BCUT2D eigenvalue weighted by molar-refractivity contribution is 0.0858. The zero-order valence-corrected chi connectivity index (χ0v) is 7.26. The van der Waals surface area contributed by atoms with E-state index in [2.05, 4.69) is 13.8 Å². The van der Waals surface area contributed by atoms with Crippen molar-refractivity contribution in [3.8, 4) is 0 Å². The third-order valence-corrected chi connectivity index (χ3v) is 1.88. The van der Waals surface area contributed by atoms with Crippen molar-refractivity contribution in [3.05, 3.63) is 0 Å². The highest BCUT2D eigenvalue weighted by Gasteiger charge is 2.08. The zero-order valence-electron chi connectivity index (χ0n) is 7.26. The number of rotatable bonds is 5. The summed E-state index contributed by atoms with van der Waals surface area (Å²) >= 11 is 0. The minimum Gasteiger partial charge on any atom is -0.381 e. The lowest BCUT2D eigenvalue weighted by Crippen LogP contribution is -2.25. The van der Waals surface area contributed by atoms with Gasteiger partial charge in [0.25, 0.3) is 0 Å². The molecule has 0 saturated carbocycles. The number of hydrogen-bond acceptors (Lipinski definition) is 2. The Balaban J connectivity index is 3.41. The van der Waals surface area contributed by atoms with Gasteiger partial charge in [0, 0.05) is 13.2 Å². The van der Waals surface area contributed by atoms with Crippen LogP contribution in [0.1, 0.15) is 33.1 Å². The fourth-order valence-electron chi connectivity index (χ4n) is 0.934. The van der Waals surface area contributed by atoms with Gasteiger partial charge >= 0.3 is 0 Å². The van der Waals surface area contributed by atoms with Gasteiger partial charge in [-0.05, 0) is 19.3 Å². The van der Waals surface area contributed by atoms with Crippen LogP contribution in [0.2, 0.25) is 0 Å². The van der Waals surface area contributed by atoms with Gasteiger partial charge in [-0.25, -0.2) is 0 Å². The molecule has 0 fully saturated rings. The van der Waals surface area contributed by atoms with E-state index >= 15 is 0 Å². The van der Waals surface area contributed by atoms with E-state index < -0.39 is 0 Å². The highest BCUT2D eigenvalue weighted by atomic mass is 16.5. The third-order valence-electron chi connectivity index (χ3n) is 1.88. The minimum atomic E-state index is 0.310. The molecule has 0 aromatic rings. The molecule has 0 aromatic carbocycles. The second kappa shape index (κ2) is 5.69. The maximum atomic E-state index is 5.74. The van der Waals surface area contributed by atoms with E-state index in [1.165, 1.54) is 0 Å². The Morgan fingerprint density at radius 2 is 1.90 bits per heavy atom. The first-order valence-corrected chi connectivity index (χ1v) is 4.02. The van der Waals surface area contributed by atoms with Gasteiger partial charge in [0.05, 0.1) is 6.10 Å². The molecule has 0 aliphatic rings. The molecule has 0 amide bonds. The fourth-order valence-corrected chi connectivity index (χ4v) is 0.934. The Kier molecular flexibility index (Phi) is 5.64. The summed E-state index contributed by atoms with van der Waals surface area (Å²) in [5, 5.41) is 0. The van der Waals surface area contributed by atoms with E-state index in [1.807, 2.05) is 0 Å². The van der Waals surface area contributed by atoms with Gasteiger partial charge in [0.1, 0.15) is 0 Å². The average Bonchev–Trinajstić information content (AvgIpc) is 1.99. The topological polar surface area (TPSA) is 35.2 Å². The molecule has 0 spiro atoms. The minimum absolute atomic E-state index is 0.310. The molecular weight excluding hydrogens is 126 g/mol. The van der Waals surface area contributed by atoms with Crippen molar-refractivity contribution < 1.29 is 4.74 Å². The van der Waals surface area contributed by atoms with Crippen LogP contribution in [0.15, 0.2) is 0 Å². The maximum absolute atomic E-state index is 5.74. The molecule has 0 heterocycles. The van der Waals surface area contributed by atoms with Crippen molar-refractivity contribution in [1.29, 1.82) is 0 Å². The van der Waals surface area contributed by atoms with E-state index in [1.54, 1.807) is 7.11 Å². The van der Waals surface area contributed by atoms with Crippen LogP contribution in [0, 0.1) is 0 Å². The Hall–Kier alpha value is -0.0800. The molecule has 0 aliphatic heterocycles. The molecule has 2 N–H and O–H groups in total. The van der Waals surface area contributed by atoms with Crippen LogP contribution in [0.25, 0.3) is 0 Å². The summed E-state index contributed by atoms with van der Waals surface area (Å²) in [5.74, 6) is 0. The third kappa shape index (κ3) is 3.85. The molecule has 2 heteroatoms. The van der Waals surface area contributed by atoms with Gasteiger partial charge in [-0.3, -0.25) is 0 Å². The zero-order chi connectivity index (χ0) is 7.98. The highest BCUT2D eigenvalue weighted by Crippen LogP contribution is 2.05. The average molecular weight is 145 g/mol. The summed E-state index contributed by atoms with van der Waals surface area (Å²) in [6.07, 6.45) is 3.45. The van der Waals surface area contributed by atoms with Crippen LogP contribution >= 0.6 is 0 Å². The van der Waals surface area contributed by atoms with E-state index in [0.717, 1.165) is 19.3 Å². The Labute approximate surface area is 63.7 Å². The molecule has 0 rings (SSSR count). The smallest absolute Gasteiger partial charge is 0.0583 e. The Morgan fingerprint density at radius 1 is 1.30 bits per heavy atom. The molecule has 0 bridgehead atoms. The number of ether oxygens (including phenoxy) is 1. The summed E-state index contributed by atoms with van der Waals surface area (Å²) < 4.78 is 5.19. The normalized spacial score (nSPS) is 16.8. The lowest BCUT2D eigenvalue weighted by Gasteiger charge is -2.16. The van der Waals surface area contributed by atoms with Gasteiger partial charge < -0.3 is 10.5 Å². The van der Waals surface area contributed by atoms with Gasteiger partial charge in [0.15, 0.2) is 0 Å². The number of hydrogen-bond donors (Lipinski definition) is 1. The molecule has 0 aromatic heterocycles. The second-order valence-electron chi connectivity index (χ2n) is 2.67. The Bertz CT molecular complexity index is 71.7. The monoisotopic (exact) mass is 145 g/mol. The molecular formula is C8H19NO. The van der Waals surface area contributed by atoms with Gasteiger partial charge in [-0.2, -0.15) is 0 Å². The molecule has 0 radical (unpaired) electrons. The van der Waals surface area contributed by atoms with Crippen molar-refractivity contribution in [1.82, 2.24) is 0 Å². The van der Waals surface area contributed by atoms with Crippen LogP contribution in [0.4, 0.5) is 0 Å². The Morgan fingerprint density at radius 3 is 2.20 bits per heavy atom. The summed E-state index contributed by atoms with van der Waals surface area (Å²) in [6, 6.07) is 0.310. The van der Waals surface area contributed by atoms with Crippen molar-refractivity contribution >= 4 is 0 Å². The molecule has 2 nitrogen and oxygen atoms in total. The van der Waals surface area contributed by atoms with Crippen molar-refractivity contribution in [2.75, 3.05) is 7.11 Å². The highest BCUT2D eigenvalue weighted by molar-refractivity contribution is 4.65. The van der Waals surface area contributed by atoms with Gasteiger partial charge in [-0.1, -0.05) is 13.8 Å². The van der Waals surface area contributed by atoms with Crippen LogP contribution in [0.3, 0.4) is 0 Å². The molecule has 2 unspecified atom stereocenters. The first-order valence-electron chi connectivity index (χ1n) is 4.02. The molecule has 10 heavy (non-hydrogen) atoms. The molecule has 0 aliphatic carbocycles. The van der Waals surface area contributed by atoms with E-state index in [-0.39, 0.29) is 0 Å². The van der Waals surface area contributed by atoms with E-state index in [9.17, 15) is 0 Å². The largest absolute Gasteiger partial charge is 0.381 e. The molecule has 2 atom stereocenters. The summed E-state index contributed by atoms with van der Waals surface area (Å²) in [6.45, 7) is 4.23. The standard InChI is InChI=1S/C8H19NO/c1-4-7(9)6-8(5-2)10-3/h7-8H,4-6,9H2,1-3H3. The van der Waals surface area contributed by atoms with Crippen molar-refractivity contribution in [2.45, 2.75) is 45.3 Å². The first-order chi connectivity index (χ1) is 4.74. The number of nitrogens with two attached hydrogens (primary N) is 1. The first kappa shape index (κ1) is 9.92. The number of methoxy groups -OCH3 is 1. The lowest BCUT2D eigenvalue weighted by atomic mass is 10.1. The molecule has 62 valence electrons. The van der Waals surface area contributed by atoms with Gasteiger partial charge in [0.2, 0.25) is 0 Å². The predicted molar refractivity (Wildman–Crippen MR) is 44.0 cm³/mol. The van der Waals surface area contributed by atoms with Crippen LogP contribution in [-0.2, 0) is 4.74 Å². The van der Waals surface area contributed by atoms with Gasteiger partial charge in [-0.15, -0.1) is 0 Å². The van der Waals surface area contributed by atoms with E-state index in [4.69, 9.17) is 10.5 Å². The maximum Gasteiger partial charge on any atom is 0.0583 e.